The van der Waals surface area contributed by atoms with Crippen LogP contribution >= 0.6 is 0 Å². The van der Waals surface area contributed by atoms with E-state index in [-0.39, 0.29) is 17.4 Å². The molecule has 112 valence electrons. The van der Waals surface area contributed by atoms with Crippen LogP contribution in [0.1, 0.15) is 43.1 Å². The lowest BCUT2D eigenvalue weighted by atomic mass is 10.1. The van der Waals surface area contributed by atoms with Gasteiger partial charge in [0.05, 0.1) is 11.3 Å². The molecular formula is C14H21NO4S. The van der Waals surface area contributed by atoms with Crippen LogP contribution in [0, 0.1) is 5.92 Å². The number of nitrogens with one attached hydrogen (secondary N) is 1. The van der Waals surface area contributed by atoms with Gasteiger partial charge in [0.2, 0.25) is 10.0 Å². The van der Waals surface area contributed by atoms with Gasteiger partial charge in [-0.25, -0.2) is 17.9 Å². The van der Waals surface area contributed by atoms with Gasteiger partial charge >= 0.3 is 5.97 Å². The molecule has 0 amide bonds. The van der Waals surface area contributed by atoms with Gasteiger partial charge in [0.25, 0.3) is 0 Å². The number of carboxylic acid groups (broad SMARTS) is 1. The number of aromatic carboxylic acids is 1. The first kappa shape index (κ1) is 16.7. The number of benzene rings is 1. The van der Waals surface area contributed by atoms with Crippen molar-refractivity contribution in [1.29, 1.82) is 0 Å². The second kappa shape index (κ2) is 6.85. The van der Waals surface area contributed by atoms with Gasteiger partial charge in [0.1, 0.15) is 0 Å². The van der Waals surface area contributed by atoms with Crippen LogP contribution in [0.15, 0.2) is 24.3 Å². The molecule has 0 radical (unpaired) electrons. The lowest BCUT2D eigenvalue weighted by molar-refractivity contribution is 0.0697. The molecule has 20 heavy (non-hydrogen) atoms. The van der Waals surface area contributed by atoms with Crippen LogP contribution in [0.5, 0.6) is 0 Å². The second-order valence-corrected chi connectivity index (χ2v) is 7.16. The molecule has 0 aliphatic heterocycles. The lowest BCUT2D eigenvalue weighted by Crippen LogP contribution is -2.34. The van der Waals surface area contributed by atoms with Gasteiger partial charge in [0, 0.05) is 6.04 Å². The van der Waals surface area contributed by atoms with E-state index in [9.17, 15) is 13.2 Å². The van der Waals surface area contributed by atoms with Crippen LogP contribution in [-0.2, 0) is 15.8 Å². The first-order chi connectivity index (χ1) is 9.19. The van der Waals surface area contributed by atoms with Crippen molar-refractivity contribution in [3.8, 4) is 0 Å². The Morgan fingerprint density at radius 3 is 2.20 bits per heavy atom. The molecule has 0 saturated heterocycles. The van der Waals surface area contributed by atoms with E-state index in [1.165, 1.54) is 24.3 Å². The van der Waals surface area contributed by atoms with Crippen molar-refractivity contribution >= 4 is 16.0 Å². The number of hydrogen-bond donors (Lipinski definition) is 2. The highest BCUT2D eigenvalue weighted by atomic mass is 32.2. The molecule has 0 bridgehead atoms. The third-order valence-electron chi connectivity index (χ3n) is 2.76. The monoisotopic (exact) mass is 299 g/mol. The molecule has 0 aliphatic carbocycles. The molecule has 5 nitrogen and oxygen atoms in total. The fourth-order valence-corrected chi connectivity index (χ4v) is 3.49. The molecule has 2 N–H and O–H groups in total. The minimum absolute atomic E-state index is 0.113. The molecule has 0 saturated carbocycles. The summed E-state index contributed by atoms with van der Waals surface area (Å²) in [6, 6.07) is 5.75. The zero-order valence-corrected chi connectivity index (χ0v) is 12.8. The normalized spacial score (nSPS) is 13.4. The summed E-state index contributed by atoms with van der Waals surface area (Å²) in [4.78, 5) is 10.7. The molecule has 1 rings (SSSR count). The summed E-state index contributed by atoms with van der Waals surface area (Å²) in [5.41, 5.74) is 0.714. The SMILES string of the molecule is CC(C)CC(C)NS(=O)(=O)Cc1ccc(C(=O)O)cc1. The van der Waals surface area contributed by atoms with Gasteiger partial charge in [-0.3, -0.25) is 0 Å². The topological polar surface area (TPSA) is 83.5 Å². The van der Waals surface area contributed by atoms with Crippen molar-refractivity contribution in [3.05, 3.63) is 35.4 Å². The van der Waals surface area contributed by atoms with Gasteiger partial charge in [-0.2, -0.15) is 0 Å². The molecule has 0 spiro atoms. The number of hydrogen-bond acceptors (Lipinski definition) is 3. The molecule has 0 heterocycles. The number of sulfonamides is 1. The predicted molar refractivity (Wildman–Crippen MR) is 78.1 cm³/mol. The van der Waals surface area contributed by atoms with E-state index in [0.29, 0.717) is 11.5 Å². The Kier molecular flexibility index (Phi) is 5.71. The van der Waals surface area contributed by atoms with Crippen molar-refractivity contribution in [1.82, 2.24) is 4.72 Å². The standard InChI is InChI=1S/C14H21NO4S/c1-10(2)8-11(3)15-20(18,19)9-12-4-6-13(7-5-12)14(16)17/h4-7,10-11,15H,8-9H2,1-3H3,(H,16,17). The van der Waals surface area contributed by atoms with E-state index < -0.39 is 16.0 Å². The summed E-state index contributed by atoms with van der Waals surface area (Å²) in [6.07, 6.45) is 0.775. The Bertz CT molecular complexity index is 549. The van der Waals surface area contributed by atoms with Crippen LogP contribution in [-0.4, -0.2) is 25.5 Å². The molecule has 1 aromatic carbocycles. The minimum atomic E-state index is -3.41. The van der Waals surface area contributed by atoms with Crippen molar-refractivity contribution < 1.29 is 18.3 Å². The fourth-order valence-electron chi connectivity index (χ4n) is 2.07. The maximum atomic E-state index is 12.0. The molecule has 0 aromatic heterocycles. The van der Waals surface area contributed by atoms with E-state index in [4.69, 9.17) is 5.11 Å². The van der Waals surface area contributed by atoms with Crippen LogP contribution in [0.2, 0.25) is 0 Å². The van der Waals surface area contributed by atoms with Crippen molar-refractivity contribution in [3.63, 3.8) is 0 Å². The highest BCUT2D eigenvalue weighted by Gasteiger charge is 2.16. The third kappa shape index (κ3) is 5.71. The highest BCUT2D eigenvalue weighted by Crippen LogP contribution is 2.10. The molecule has 1 aromatic rings. The predicted octanol–water partition coefficient (Wildman–Crippen LogP) is 2.24. The smallest absolute Gasteiger partial charge is 0.335 e. The maximum Gasteiger partial charge on any atom is 0.335 e. The highest BCUT2D eigenvalue weighted by molar-refractivity contribution is 7.88. The summed E-state index contributed by atoms with van der Waals surface area (Å²) >= 11 is 0. The summed E-state index contributed by atoms with van der Waals surface area (Å²) < 4.78 is 26.6. The molecule has 0 aliphatic rings. The summed E-state index contributed by atoms with van der Waals surface area (Å²) in [5.74, 6) is -0.749. The van der Waals surface area contributed by atoms with Crippen molar-refractivity contribution in [2.75, 3.05) is 0 Å². The summed E-state index contributed by atoms with van der Waals surface area (Å²) in [7, 11) is -3.41. The Labute approximate surface area is 120 Å². The molecular weight excluding hydrogens is 278 g/mol. The Morgan fingerprint density at radius 2 is 1.75 bits per heavy atom. The number of carboxylic acids is 1. The van der Waals surface area contributed by atoms with Gasteiger partial charge in [-0.05, 0) is 37.0 Å². The maximum absolute atomic E-state index is 12.0. The number of carbonyl (C=O) groups is 1. The molecule has 0 fully saturated rings. The zero-order valence-electron chi connectivity index (χ0n) is 12.0. The first-order valence-corrected chi connectivity index (χ1v) is 8.17. The van der Waals surface area contributed by atoms with E-state index in [0.717, 1.165) is 6.42 Å². The summed E-state index contributed by atoms with van der Waals surface area (Å²) in [6.45, 7) is 5.91. The van der Waals surface area contributed by atoms with Crippen LogP contribution < -0.4 is 4.72 Å². The average Bonchev–Trinajstić information content (AvgIpc) is 2.26. The van der Waals surface area contributed by atoms with E-state index in [2.05, 4.69) is 4.72 Å². The molecule has 6 heteroatoms. The fraction of sp³-hybridized carbons (Fsp3) is 0.500. The van der Waals surface area contributed by atoms with Gasteiger partial charge < -0.3 is 5.11 Å². The molecule has 1 atom stereocenters. The van der Waals surface area contributed by atoms with E-state index in [1.807, 2.05) is 20.8 Å². The van der Waals surface area contributed by atoms with E-state index >= 15 is 0 Å². The van der Waals surface area contributed by atoms with Crippen molar-refractivity contribution in [2.24, 2.45) is 5.92 Å². The second-order valence-electron chi connectivity index (χ2n) is 5.41. The van der Waals surface area contributed by atoms with Crippen LogP contribution in [0.3, 0.4) is 0 Å². The Hall–Kier alpha value is -1.40. The average molecular weight is 299 g/mol. The third-order valence-corrected chi connectivity index (χ3v) is 4.24. The lowest BCUT2D eigenvalue weighted by Gasteiger charge is -2.16. The number of rotatable bonds is 7. The summed E-state index contributed by atoms with van der Waals surface area (Å²) in [5, 5.41) is 8.78. The Balaban J connectivity index is 2.68. The quantitative estimate of drug-likeness (QED) is 0.808. The first-order valence-electron chi connectivity index (χ1n) is 6.52. The van der Waals surface area contributed by atoms with Crippen LogP contribution in [0.4, 0.5) is 0 Å². The largest absolute Gasteiger partial charge is 0.478 e. The van der Waals surface area contributed by atoms with E-state index in [1.54, 1.807) is 0 Å². The minimum Gasteiger partial charge on any atom is -0.478 e. The van der Waals surface area contributed by atoms with Gasteiger partial charge in [0.15, 0.2) is 0 Å². The van der Waals surface area contributed by atoms with Crippen LogP contribution in [0.25, 0.3) is 0 Å². The Morgan fingerprint density at radius 1 is 1.20 bits per heavy atom. The van der Waals surface area contributed by atoms with Crippen molar-refractivity contribution in [2.45, 2.75) is 39.0 Å². The molecule has 1 unspecified atom stereocenters. The van der Waals surface area contributed by atoms with Gasteiger partial charge in [-0.1, -0.05) is 26.0 Å². The zero-order chi connectivity index (χ0) is 15.3. The van der Waals surface area contributed by atoms with Gasteiger partial charge in [-0.15, -0.1) is 0 Å².